The summed E-state index contributed by atoms with van der Waals surface area (Å²) in [4.78, 5) is 40.2. The van der Waals surface area contributed by atoms with Crippen LogP contribution in [0, 0.1) is 10.1 Å². The van der Waals surface area contributed by atoms with Crippen LogP contribution in [0.5, 0.6) is 0 Å². The molecule has 0 saturated carbocycles. The van der Waals surface area contributed by atoms with Gasteiger partial charge >= 0.3 is 0 Å². The number of carbonyl (C=O) groups is 2. The van der Waals surface area contributed by atoms with E-state index >= 15 is 0 Å². The Balaban J connectivity index is 2.00. The lowest BCUT2D eigenvalue weighted by Gasteiger charge is -2.18. The number of amides is 1. The average molecular weight is 309 g/mol. The third kappa shape index (κ3) is 2.71. The lowest BCUT2D eigenvalue weighted by molar-refractivity contribution is -0.384. The lowest BCUT2D eigenvalue weighted by atomic mass is 10.1. The minimum Gasteiger partial charge on any atom is -0.294 e. The van der Waals surface area contributed by atoms with E-state index in [0.717, 1.165) is 0 Å². The fourth-order valence-corrected chi connectivity index (χ4v) is 2.28. The van der Waals surface area contributed by atoms with Gasteiger partial charge in [0.2, 0.25) is 0 Å². The van der Waals surface area contributed by atoms with Crippen LogP contribution in [0.4, 0.5) is 11.5 Å². The number of ketones is 1. The van der Waals surface area contributed by atoms with Gasteiger partial charge in [0, 0.05) is 36.5 Å². The van der Waals surface area contributed by atoms with Crippen molar-refractivity contribution in [3.63, 3.8) is 0 Å². The van der Waals surface area contributed by atoms with E-state index in [1.54, 1.807) is 18.2 Å². The number of pyridine rings is 1. The van der Waals surface area contributed by atoms with Crippen molar-refractivity contribution in [1.29, 1.82) is 0 Å². The Morgan fingerprint density at radius 1 is 1.22 bits per heavy atom. The minimum atomic E-state index is -0.532. The fraction of sp³-hybridized carbons (Fsp3) is 0.0625. The molecule has 0 spiro atoms. The van der Waals surface area contributed by atoms with Crippen LogP contribution in [0.1, 0.15) is 27.1 Å². The van der Waals surface area contributed by atoms with E-state index in [1.165, 1.54) is 41.6 Å². The van der Waals surface area contributed by atoms with Crippen LogP contribution in [0.15, 0.2) is 54.9 Å². The third-order valence-electron chi connectivity index (χ3n) is 3.42. The molecular weight excluding hydrogens is 298 g/mol. The Bertz CT molecular complexity index is 827. The average Bonchev–Trinajstić information content (AvgIpc) is 2.74. The van der Waals surface area contributed by atoms with Gasteiger partial charge in [-0.1, -0.05) is 6.08 Å². The molecule has 0 fully saturated rings. The van der Waals surface area contributed by atoms with Crippen molar-refractivity contribution in [3.8, 4) is 0 Å². The van der Waals surface area contributed by atoms with Crippen molar-refractivity contribution in [2.24, 2.45) is 0 Å². The second-order valence-corrected chi connectivity index (χ2v) is 4.87. The number of nitrogens with zero attached hydrogens (tertiary/aromatic N) is 3. The monoisotopic (exact) mass is 309 g/mol. The standard InChI is InChI=1S/C16H11N3O4/c20-14-4-2-10-18(15-13(14)3-1-9-17-15)16(21)11-5-7-12(8-6-11)19(22)23/h1-3,5-10H,4H2. The zero-order chi connectivity index (χ0) is 16.4. The molecular formula is C16H11N3O4. The summed E-state index contributed by atoms with van der Waals surface area (Å²) < 4.78 is 0. The van der Waals surface area contributed by atoms with E-state index in [2.05, 4.69) is 4.98 Å². The molecule has 23 heavy (non-hydrogen) atoms. The number of carbonyl (C=O) groups excluding carboxylic acids is 2. The third-order valence-corrected chi connectivity index (χ3v) is 3.42. The predicted octanol–water partition coefficient (Wildman–Crippen LogP) is 2.74. The van der Waals surface area contributed by atoms with Gasteiger partial charge in [0.15, 0.2) is 5.78 Å². The number of hydrogen-bond donors (Lipinski definition) is 0. The van der Waals surface area contributed by atoms with Gasteiger partial charge in [-0.05, 0) is 24.3 Å². The molecule has 2 aromatic rings. The molecule has 0 N–H and O–H groups in total. The van der Waals surface area contributed by atoms with Crippen LogP contribution in [0.2, 0.25) is 0 Å². The largest absolute Gasteiger partial charge is 0.294 e. The number of non-ortho nitro benzene ring substituents is 1. The topological polar surface area (TPSA) is 93.4 Å². The van der Waals surface area contributed by atoms with Gasteiger partial charge in [-0.25, -0.2) is 4.98 Å². The molecule has 1 aliphatic heterocycles. The van der Waals surface area contributed by atoms with Gasteiger partial charge in [-0.3, -0.25) is 24.6 Å². The number of allylic oxidation sites excluding steroid dienone is 1. The maximum absolute atomic E-state index is 12.7. The van der Waals surface area contributed by atoms with E-state index in [1.807, 2.05) is 0 Å². The molecule has 0 bridgehead atoms. The maximum Gasteiger partial charge on any atom is 0.269 e. The van der Waals surface area contributed by atoms with Crippen molar-refractivity contribution in [3.05, 3.63) is 76.1 Å². The maximum atomic E-state index is 12.7. The van der Waals surface area contributed by atoms with Crippen LogP contribution in [-0.2, 0) is 0 Å². The van der Waals surface area contributed by atoms with Gasteiger partial charge in [0.05, 0.1) is 10.5 Å². The number of rotatable bonds is 2. The first-order chi connectivity index (χ1) is 11.1. The molecule has 2 heterocycles. The zero-order valence-electron chi connectivity index (χ0n) is 11.9. The highest BCUT2D eigenvalue weighted by Gasteiger charge is 2.24. The second-order valence-electron chi connectivity index (χ2n) is 4.87. The van der Waals surface area contributed by atoms with Gasteiger partial charge in [-0.15, -0.1) is 0 Å². The quantitative estimate of drug-likeness (QED) is 0.628. The minimum absolute atomic E-state index is 0.0957. The summed E-state index contributed by atoms with van der Waals surface area (Å²) in [5.41, 5.74) is 0.542. The van der Waals surface area contributed by atoms with E-state index in [4.69, 9.17) is 0 Å². The summed E-state index contributed by atoms with van der Waals surface area (Å²) in [5, 5.41) is 10.7. The first kappa shape index (κ1) is 14.6. The number of hydrogen-bond acceptors (Lipinski definition) is 5. The molecule has 0 saturated heterocycles. The normalized spacial score (nSPS) is 13.4. The van der Waals surface area contributed by atoms with Crippen LogP contribution in [0.3, 0.4) is 0 Å². The Morgan fingerprint density at radius 3 is 2.65 bits per heavy atom. The molecule has 7 heteroatoms. The van der Waals surface area contributed by atoms with Gasteiger partial charge < -0.3 is 0 Å². The number of benzene rings is 1. The van der Waals surface area contributed by atoms with E-state index in [-0.39, 0.29) is 29.3 Å². The van der Waals surface area contributed by atoms with Crippen molar-refractivity contribution in [2.45, 2.75) is 6.42 Å². The van der Waals surface area contributed by atoms with Crippen molar-refractivity contribution in [2.75, 3.05) is 4.90 Å². The summed E-state index contributed by atoms with van der Waals surface area (Å²) in [5.74, 6) is -0.274. The van der Waals surface area contributed by atoms with Gasteiger partial charge in [-0.2, -0.15) is 0 Å². The van der Waals surface area contributed by atoms with Crippen LogP contribution in [-0.4, -0.2) is 21.6 Å². The molecule has 1 aromatic carbocycles. The fourth-order valence-electron chi connectivity index (χ4n) is 2.28. The van der Waals surface area contributed by atoms with Crippen LogP contribution >= 0.6 is 0 Å². The summed E-state index contributed by atoms with van der Waals surface area (Å²) in [7, 11) is 0. The lowest BCUT2D eigenvalue weighted by Crippen LogP contribution is -2.26. The molecule has 114 valence electrons. The highest BCUT2D eigenvalue weighted by atomic mass is 16.6. The molecule has 1 aromatic heterocycles. The molecule has 1 aliphatic rings. The Labute approximate surface area is 131 Å². The second kappa shape index (κ2) is 5.80. The number of Topliss-reactive ketones (excluding diaryl/α,β-unsaturated/α-hetero) is 1. The highest BCUT2D eigenvalue weighted by Crippen LogP contribution is 2.25. The molecule has 0 unspecified atom stereocenters. The first-order valence-corrected chi connectivity index (χ1v) is 6.81. The smallest absolute Gasteiger partial charge is 0.269 e. The predicted molar refractivity (Wildman–Crippen MR) is 82.2 cm³/mol. The summed E-state index contributed by atoms with van der Waals surface area (Å²) >= 11 is 0. The number of anilines is 1. The van der Waals surface area contributed by atoms with E-state index in [0.29, 0.717) is 5.56 Å². The van der Waals surface area contributed by atoms with E-state index in [9.17, 15) is 19.7 Å². The molecule has 0 radical (unpaired) electrons. The zero-order valence-corrected chi connectivity index (χ0v) is 11.9. The summed E-state index contributed by atoms with van der Waals surface area (Å²) in [6.07, 6.45) is 4.78. The number of nitro groups is 1. The number of nitro benzene ring substituents is 1. The van der Waals surface area contributed by atoms with Crippen molar-refractivity contribution in [1.82, 2.24) is 4.98 Å². The van der Waals surface area contributed by atoms with Crippen LogP contribution < -0.4 is 4.90 Å². The van der Waals surface area contributed by atoms with E-state index < -0.39 is 10.8 Å². The first-order valence-electron chi connectivity index (χ1n) is 6.81. The van der Waals surface area contributed by atoms with Crippen molar-refractivity contribution < 1.29 is 14.5 Å². The summed E-state index contributed by atoms with van der Waals surface area (Å²) in [6.45, 7) is 0. The Kier molecular flexibility index (Phi) is 3.68. The van der Waals surface area contributed by atoms with Gasteiger partial charge in [0.1, 0.15) is 5.82 Å². The number of fused-ring (bicyclic) bond motifs is 1. The highest BCUT2D eigenvalue weighted by molar-refractivity contribution is 6.12. The molecule has 1 amide bonds. The molecule has 3 rings (SSSR count). The number of aromatic nitrogens is 1. The molecule has 0 aliphatic carbocycles. The molecule has 7 nitrogen and oxygen atoms in total. The van der Waals surface area contributed by atoms with Gasteiger partial charge in [0.25, 0.3) is 11.6 Å². The molecule has 0 atom stereocenters. The van der Waals surface area contributed by atoms with Crippen LogP contribution in [0.25, 0.3) is 0 Å². The Hall–Kier alpha value is -3.35. The Morgan fingerprint density at radius 2 is 1.96 bits per heavy atom. The SMILES string of the molecule is O=C1CC=CN(C(=O)c2ccc([N+](=O)[O-])cc2)c2ncccc21. The van der Waals surface area contributed by atoms with Crippen molar-refractivity contribution >= 4 is 23.2 Å². The summed E-state index contributed by atoms with van der Waals surface area (Å²) in [6, 6.07) is 8.54.